The monoisotopic (exact) mass is 370 g/mol. The molecule has 0 heterocycles. The molecule has 0 atom stereocenters. The lowest BCUT2D eigenvalue weighted by molar-refractivity contribution is -0.438. The Kier molecular flexibility index (Phi) is 6.44. The van der Waals surface area contributed by atoms with Crippen LogP contribution in [0.15, 0.2) is 0 Å². The fraction of sp³-hybridized carbons (Fsp3) is 1.00. The van der Waals surface area contributed by atoms with Gasteiger partial charge in [0.2, 0.25) is 0 Å². The minimum Gasteiger partial charge on any atom is -0.288 e. The molecule has 16 heteroatoms. The SMILES string of the molecule is FC(F)(F)C(F)(F)C(F)(F)C(F)(F)C(F)(F)F.O=[SH](=O)O. The van der Waals surface area contributed by atoms with Crippen molar-refractivity contribution in [3.05, 3.63) is 0 Å². The Hall–Kier alpha value is -0.930. The van der Waals surface area contributed by atoms with E-state index in [0.717, 1.165) is 0 Å². The number of alkyl halides is 12. The van der Waals surface area contributed by atoms with Gasteiger partial charge in [0.25, 0.3) is 11.0 Å². The van der Waals surface area contributed by atoms with Crippen molar-refractivity contribution in [2.45, 2.75) is 30.1 Å². The molecule has 0 unspecified atom stereocenters. The van der Waals surface area contributed by atoms with Gasteiger partial charge in [-0.25, -0.2) is 8.42 Å². The van der Waals surface area contributed by atoms with Crippen molar-refractivity contribution in [3.8, 4) is 0 Å². The highest BCUT2D eigenvalue weighted by atomic mass is 32.2. The zero-order valence-corrected chi connectivity index (χ0v) is 9.64. The Bertz CT molecular complexity index is 382. The van der Waals surface area contributed by atoms with Crippen LogP contribution in [0.25, 0.3) is 0 Å². The third-order valence-corrected chi connectivity index (χ3v) is 1.50. The molecule has 0 spiro atoms. The number of hydrogen-bond acceptors (Lipinski definition) is 2. The average molecular weight is 370 g/mol. The van der Waals surface area contributed by atoms with Gasteiger partial charge >= 0.3 is 30.1 Å². The molecule has 0 aromatic heterocycles. The molecule has 0 saturated carbocycles. The molecular weight excluding hydrogens is 368 g/mol. The molecule has 0 bridgehead atoms. The van der Waals surface area contributed by atoms with Crippen LogP contribution >= 0.6 is 0 Å². The molecule has 0 aromatic rings. The molecule has 0 aliphatic rings. The van der Waals surface area contributed by atoms with Crippen molar-refractivity contribution in [1.29, 1.82) is 0 Å². The van der Waals surface area contributed by atoms with Crippen molar-refractivity contribution in [3.63, 3.8) is 0 Å². The molecule has 0 rings (SSSR count). The van der Waals surface area contributed by atoms with Crippen LogP contribution < -0.4 is 0 Å². The summed E-state index contributed by atoms with van der Waals surface area (Å²) in [5.41, 5.74) is 0. The van der Waals surface area contributed by atoms with Crippen molar-refractivity contribution in [2.75, 3.05) is 0 Å². The highest BCUT2D eigenvalue weighted by molar-refractivity contribution is 7.66. The second-order valence-corrected chi connectivity index (χ2v) is 3.43. The summed E-state index contributed by atoms with van der Waals surface area (Å²) in [6, 6.07) is 0. The molecule has 0 aromatic carbocycles. The topological polar surface area (TPSA) is 54.4 Å². The number of hydrogen-bond donors (Lipinski definition) is 2. The highest BCUT2D eigenvalue weighted by Gasteiger charge is 2.88. The first kappa shape index (κ1) is 22.4. The summed E-state index contributed by atoms with van der Waals surface area (Å²) in [6.07, 6.45) is -14.5. The molecule has 0 aliphatic heterocycles. The summed E-state index contributed by atoms with van der Waals surface area (Å²) in [5.74, 6) is -22.7. The Labute approximate surface area is 108 Å². The van der Waals surface area contributed by atoms with Crippen LogP contribution in [-0.2, 0) is 11.0 Å². The van der Waals surface area contributed by atoms with Crippen molar-refractivity contribution in [1.82, 2.24) is 0 Å². The quantitative estimate of drug-likeness (QED) is 0.446. The van der Waals surface area contributed by atoms with Crippen LogP contribution in [0.5, 0.6) is 0 Å². The summed E-state index contributed by atoms with van der Waals surface area (Å²) in [6.45, 7) is 0. The summed E-state index contributed by atoms with van der Waals surface area (Å²) in [5, 5.41) is 0. The molecular formula is C5H2F12O3S. The van der Waals surface area contributed by atoms with Crippen LogP contribution in [0.1, 0.15) is 0 Å². The lowest BCUT2D eigenvalue weighted by atomic mass is 10.0. The second-order valence-electron chi connectivity index (χ2n) is 2.96. The van der Waals surface area contributed by atoms with E-state index >= 15 is 0 Å². The molecule has 130 valence electrons. The zero-order chi connectivity index (χ0) is 18.1. The maximum Gasteiger partial charge on any atom is 0.460 e. The van der Waals surface area contributed by atoms with Gasteiger partial charge < -0.3 is 0 Å². The van der Waals surface area contributed by atoms with Gasteiger partial charge in [-0.15, -0.1) is 0 Å². The van der Waals surface area contributed by atoms with Gasteiger partial charge in [-0.2, -0.15) is 52.7 Å². The highest BCUT2D eigenvalue weighted by Crippen LogP contribution is 2.57. The van der Waals surface area contributed by atoms with E-state index in [1.54, 1.807) is 0 Å². The lowest BCUT2D eigenvalue weighted by Gasteiger charge is -2.34. The number of thiol groups is 1. The molecule has 0 fully saturated rings. The molecule has 0 amide bonds. The van der Waals surface area contributed by atoms with Crippen molar-refractivity contribution < 1.29 is 65.7 Å². The van der Waals surface area contributed by atoms with Crippen LogP contribution in [0.3, 0.4) is 0 Å². The van der Waals surface area contributed by atoms with E-state index in [1.807, 2.05) is 0 Å². The molecule has 3 nitrogen and oxygen atoms in total. The first-order valence-electron chi connectivity index (χ1n) is 3.83. The minimum atomic E-state index is -7.66. The third-order valence-electron chi connectivity index (χ3n) is 1.50. The fourth-order valence-electron chi connectivity index (χ4n) is 0.553. The van der Waals surface area contributed by atoms with Crippen molar-refractivity contribution >= 4 is 11.0 Å². The van der Waals surface area contributed by atoms with E-state index in [4.69, 9.17) is 13.0 Å². The Morgan fingerprint density at radius 3 is 0.762 bits per heavy atom. The van der Waals surface area contributed by atoms with Gasteiger partial charge in [0.15, 0.2) is 0 Å². The second kappa shape index (κ2) is 6.05. The standard InChI is InChI=1S/C5F12.H2O3S/c6-1(7,2(8,9)4(12,13)14)3(10,11)5(15,16)17;1-4(2)3/h;4H,(H,1,2,3). The van der Waals surface area contributed by atoms with Crippen LogP contribution in [0.4, 0.5) is 52.7 Å². The summed E-state index contributed by atoms with van der Waals surface area (Å²) in [7, 11) is -3.12. The van der Waals surface area contributed by atoms with Gasteiger partial charge in [0.05, 0.1) is 0 Å². The van der Waals surface area contributed by atoms with Gasteiger partial charge in [-0.05, 0) is 0 Å². The van der Waals surface area contributed by atoms with E-state index in [0.29, 0.717) is 0 Å². The number of rotatable bonds is 2. The largest absolute Gasteiger partial charge is 0.460 e. The van der Waals surface area contributed by atoms with E-state index in [1.165, 1.54) is 0 Å². The van der Waals surface area contributed by atoms with Gasteiger partial charge in [-0.1, -0.05) is 0 Å². The first-order valence-corrected chi connectivity index (χ1v) is 4.96. The minimum absolute atomic E-state index is 3.12. The molecule has 0 aliphatic carbocycles. The van der Waals surface area contributed by atoms with Gasteiger partial charge in [0, 0.05) is 0 Å². The first-order chi connectivity index (χ1) is 8.73. The van der Waals surface area contributed by atoms with E-state index < -0.39 is 41.1 Å². The predicted molar refractivity (Wildman–Crippen MR) is 39.9 cm³/mol. The zero-order valence-electron chi connectivity index (χ0n) is 8.75. The van der Waals surface area contributed by atoms with Gasteiger partial charge in [-0.3, -0.25) is 4.55 Å². The van der Waals surface area contributed by atoms with Crippen LogP contribution in [0, 0.1) is 0 Å². The smallest absolute Gasteiger partial charge is 0.288 e. The fourth-order valence-corrected chi connectivity index (χ4v) is 0.553. The summed E-state index contributed by atoms with van der Waals surface area (Å²) in [4.78, 5) is 0. The maximum absolute atomic E-state index is 12.0. The molecule has 0 saturated heterocycles. The van der Waals surface area contributed by atoms with Crippen molar-refractivity contribution in [2.24, 2.45) is 0 Å². The lowest BCUT2D eigenvalue weighted by Crippen LogP contribution is -2.65. The van der Waals surface area contributed by atoms with Crippen LogP contribution in [-0.4, -0.2) is 43.1 Å². The Balaban J connectivity index is 0. The average Bonchev–Trinajstić information content (AvgIpc) is 2.12. The molecule has 21 heavy (non-hydrogen) atoms. The molecule has 0 radical (unpaired) electrons. The summed E-state index contributed by atoms with van der Waals surface area (Å²) < 4.78 is 164. The molecule has 1 N–H and O–H groups in total. The Morgan fingerprint density at radius 2 is 0.667 bits per heavy atom. The Morgan fingerprint density at radius 1 is 0.524 bits per heavy atom. The summed E-state index contributed by atoms with van der Waals surface area (Å²) >= 11 is 0. The number of halogens is 12. The maximum atomic E-state index is 12.0. The predicted octanol–water partition coefficient (Wildman–Crippen LogP) is 3.09. The third kappa shape index (κ3) is 4.52. The van der Waals surface area contributed by atoms with Crippen LogP contribution in [0.2, 0.25) is 0 Å². The normalized spacial score (nSPS) is 14.8. The van der Waals surface area contributed by atoms with Gasteiger partial charge in [0.1, 0.15) is 0 Å². The van der Waals surface area contributed by atoms with E-state index in [-0.39, 0.29) is 0 Å². The van der Waals surface area contributed by atoms with E-state index in [9.17, 15) is 52.7 Å². The van der Waals surface area contributed by atoms with E-state index in [2.05, 4.69) is 0 Å².